The lowest BCUT2D eigenvalue weighted by Crippen LogP contribution is -2.16. The monoisotopic (exact) mass is 335 g/mol. The van der Waals surface area contributed by atoms with E-state index in [9.17, 15) is 0 Å². The van der Waals surface area contributed by atoms with Crippen LogP contribution in [0.1, 0.15) is 77.2 Å². The van der Waals surface area contributed by atoms with Gasteiger partial charge in [0.1, 0.15) is 0 Å². The van der Waals surface area contributed by atoms with Gasteiger partial charge >= 0.3 is 0 Å². The number of hydrogen-bond acceptors (Lipinski definition) is 3. The fraction of sp³-hybridized carbons (Fsp3) is 0.714. The number of nitrogens with one attached hydrogen (secondary N) is 1. The van der Waals surface area contributed by atoms with Gasteiger partial charge in [0.15, 0.2) is 11.5 Å². The Morgan fingerprint density at radius 3 is 2.29 bits per heavy atom. The summed E-state index contributed by atoms with van der Waals surface area (Å²) in [6, 6.07) is 6.16. The Morgan fingerprint density at radius 1 is 0.875 bits per heavy atom. The van der Waals surface area contributed by atoms with Crippen molar-refractivity contribution in [1.29, 1.82) is 0 Å². The van der Waals surface area contributed by atoms with Crippen molar-refractivity contribution >= 4 is 0 Å². The molecule has 0 bridgehead atoms. The van der Waals surface area contributed by atoms with Crippen LogP contribution in [-0.4, -0.2) is 20.3 Å². The van der Waals surface area contributed by atoms with Gasteiger partial charge in [0.25, 0.3) is 0 Å². The third kappa shape index (κ3) is 8.58. The first-order valence-electron chi connectivity index (χ1n) is 9.82. The van der Waals surface area contributed by atoms with Crippen molar-refractivity contribution in [3.63, 3.8) is 0 Å². The quantitative estimate of drug-likeness (QED) is 0.416. The average Bonchev–Trinajstić information content (AvgIpc) is 2.61. The predicted octanol–water partition coefficient (Wildman–Crippen LogP) is 5.71. The summed E-state index contributed by atoms with van der Waals surface area (Å²) in [7, 11) is 1.71. The van der Waals surface area contributed by atoms with Gasteiger partial charge < -0.3 is 14.8 Å². The summed E-state index contributed by atoms with van der Waals surface area (Å²) in [4.78, 5) is 0. The summed E-state index contributed by atoms with van der Waals surface area (Å²) in [6.45, 7) is 7.16. The molecule has 24 heavy (non-hydrogen) atoms. The molecule has 0 amide bonds. The van der Waals surface area contributed by atoms with Gasteiger partial charge in [0.2, 0.25) is 0 Å². The van der Waals surface area contributed by atoms with Crippen molar-refractivity contribution in [1.82, 2.24) is 5.32 Å². The predicted molar refractivity (Wildman–Crippen MR) is 103 cm³/mol. The van der Waals surface area contributed by atoms with E-state index in [1.54, 1.807) is 7.11 Å². The summed E-state index contributed by atoms with van der Waals surface area (Å²) in [5, 5.41) is 3.54. The standard InChI is InChI=1S/C21H37NO2/c1-4-6-8-10-12-17-24-21-19(14-13-15-20(21)23-3)18-22-16-11-9-7-5-2/h13-15,22H,4-12,16-18H2,1-3H3. The highest BCUT2D eigenvalue weighted by Gasteiger charge is 2.10. The van der Waals surface area contributed by atoms with Crippen molar-refractivity contribution in [2.24, 2.45) is 0 Å². The fourth-order valence-electron chi connectivity index (χ4n) is 2.80. The van der Waals surface area contributed by atoms with Gasteiger partial charge in [0.05, 0.1) is 13.7 Å². The first-order valence-corrected chi connectivity index (χ1v) is 9.82. The molecule has 0 aromatic heterocycles. The van der Waals surface area contributed by atoms with E-state index in [-0.39, 0.29) is 0 Å². The minimum atomic E-state index is 0.771. The summed E-state index contributed by atoms with van der Waals surface area (Å²) >= 11 is 0. The van der Waals surface area contributed by atoms with Gasteiger partial charge in [0, 0.05) is 12.1 Å². The lowest BCUT2D eigenvalue weighted by molar-refractivity contribution is 0.281. The molecular weight excluding hydrogens is 298 g/mol. The van der Waals surface area contributed by atoms with E-state index >= 15 is 0 Å². The number of hydrogen-bond donors (Lipinski definition) is 1. The topological polar surface area (TPSA) is 30.5 Å². The second-order valence-corrected chi connectivity index (χ2v) is 6.45. The highest BCUT2D eigenvalue weighted by molar-refractivity contribution is 5.46. The molecule has 1 aromatic carbocycles. The van der Waals surface area contributed by atoms with E-state index in [4.69, 9.17) is 9.47 Å². The summed E-state index contributed by atoms with van der Waals surface area (Å²) in [5.41, 5.74) is 1.19. The van der Waals surface area contributed by atoms with Crippen LogP contribution in [-0.2, 0) is 6.54 Å². The van der Waals surface area contributed by atoms with Crippen molar-refractivity contribution in [3.05, 3.63) is 23.8 Å². The van der Waals surface area contributed by atoms with Crippen molar-refractivity contribution in [3.8, 4) is 11.5 Å². The van der Waals surface area contributed by atoms with Crippen LogP contribution < -0.4 is 14.8 Å². The largest absolute Gasteiger partial charge is 0.493 e. The van der Waals surface area contributed by atoms with Crippen LogP contribution >= 0.6 is 0 Å². The minimum Gasteiger partial charge on any atom is -0.493 e. The second-order valence-electron chi connectivity index (χ2n) is 6.45. The van der Waals surface area contributed by atoms with Crippen LogP contribution in [0.15, 0.2) is 18.2 Å². The van der Waals surface area contributed by atoms with E-state index in [2.05, 4.69) is 25.2 Å². The Balaban J connectivity index is 2.42. The maximum atomic E-state index is 6.07. The number of ether oxygens (including phenoxy) is 2. The van der Waals surface area contributed by atoms with Crippen LogP contribution in [0.4, 0.5) is 0 Å². The zero-order chi connectivity index (χ0) is 17.5. The number of benzene rings is 1. The SMILES string of the molecule is CCCCCCCOc1c(CNCCCCCC)cccc1OC. The van der Waals surface area contributed by atoms with Crippen LogP contribution in [0.5, 0.6) is 11.5 Å². The average molecular weight is 336 g/mol. The Labute approximate surface area is 149 Å². The number of unbranched alkanes of at least 4 members (excludes halogenated alkanes) is 7. The molecule has 0 aliphatic rings. The van der Waals surface area contributed by atoms with E-state index in [1.165, 1.54) is 56.9 Å². The molecule has 0 saturated heterocycles. The molecule has 3 heteroatoms. The summed E-state index contributed by atoms with van der Waals surface area (Å²) in [6.07, 6.45) is 11.4. The Morgan fingerprint density at radius 2 is 1.58 bits per heavy atom. The van der Waals surface area contributed by atoms with E-state index in [0.717, 1.165) is 37.6 Å². The molecule has 0 radical (unpaired) electrons. The molecule has 0 saturated carbocycles. The van der Waals surface area contributed by atoms with E-state index in [1.807, 2.05) is 12.1 Å². The number of rotatable bonds is 15. The maximum absolute atomic E-state index is 6.07. The summed E-state index contributed by atoms with van der Waals surface area (Å²) < 4.78 is 11.6. The van der Waals surface area contributed by atoms with Crippen LogP contribution in [0.3, 0.4) is 0 Å². The molecule has 1 aromatic rings. The minimum absolute atomic E-state index is 0.771. The lowest BCUT2D eigenvalue weighted by atomic mass is 10.1. The zero-order valence-electron chi connectivity index (χ0n) is 16.0. The van der Waals surface area contributed by atoms with Gasteiger partial charge in [-0.3, -0.25) is 0 Å². The van der Waals surface area contributed by atoms with Gasteiger partial charge in [-0.2, -0.15) is 0 Å². The fourth-order valence-corrected chi connectivity index (χ4v) is 2.80. The molecule has 0 unspecified atom stereocenters. The molecule has 0 atom stereocenters. The van der Waals surface area contributed by atoms with Gasteiger partial charge in [-0.05, 0) is 25.5 Å². The first-order chi connectivity index (χ1) is 11.8. The molecule has 0 heterocycles. The molecule has 0 aliphatic carbocycles. The van der Waals surface area contributed by atoms with Gasteiger partial charge in [-0.25, -0.2) is 0 Å². The Kier molecular flexibility index (Phi) is 12.3. The van der Waals surface area contributed by atoms with Crippen molar-refractivity contribution in [2.45, 2.75) is 78.2 Å². The highest BCUT2D eigenvalue weighted by atomic mass is 16.5. The maximum Gasteiger partial charge on any atom is 0.165 e. The first kappa shape index (κ1) is 20.8. The second kappa shape index (κ2) is 14.2. The van der Waals surface area contributed by atoms with Crippen molar-refractivity contribution in [2.75, 3.05) is 20.3 Å². The Bertz CT molecular complexity index is 420. The molecule has 138 valence electrons. The smallest absolute Gasteiger partial charge is 0.165 e. The van der Waals surface area contributed by atoms with Crippen molar-refractivity contribution < 1.29 is 9.47 Å². The molecule has 0 spiro atoms. The molecule has 1 N–H and O–H groups in total. The van der Waals surface area contributed by atoms with Crippen LogP contribution in [0.25, 0.3) is 0 Å². The molecule has 3 nitrogen and oxygen atoms in total. The number of para-hydroxylation sites is 1. The summed E-state index contributed by atoms with van der Waals surface area (Å²) in [5.74, 6) is 1.75. The van der Waals surface area contributed by atoms with Gasteiger partial charge in [-0.15, -0.1) is 0 Å². The van der Waals surface area contributed by atoms with Gasteiger partial charge in [-0.1, -0.05) is 70.9 Å². The number of methoxy groups -OCH3 is 1. The van der Waals surface area contributed by atoms with Crippen LogP contribution in [0, 0.1) is 0 Å². The highest BCUT2D eigenvalue weighted by Crippen LogP contribution is 2.31. The molecule has 0 aliphatic heterocycles. The third-order valence-corrected chi connectivity index (χ3v) is 4.30. The molecule has 1 rings (SSSR count). The zero-order valence-corrected chi connectivity index (χ0v) is 16.0. The van der Waals surface area contributed by atoms with E-state index < -0.39 is 0 Å². The molecule has 0 fully saturated rings. The lowest BCUT2D eigenvalue weighted by Gasteiger charge is -2.15. The molecular formula is C21H37NO2. The Hall–Kier alpha value is -1.22. The van der Waals surface area contributed by atoms with E-state index in [0.29, 0.717) is 0 Å². The normalized spacial score (nSPS) is 10.8. The third-order valence-electron chi connectivity index (χ3n) is 4.30. The van der Waals surface area contributed by atoms with Crippen LogP contribution in [0.2, 0.25) is 0 Å².